The van der Waals surface area contributed by atoms with E-state index in [4.69, 9.17) is 5.41 Å². The molecule has 3 aromatic rings. The molecule has 0 bridgehead atoms. The van der Waals surface area contributed by atoms with Crippen LogP contribution in [0.1, 0.15) is 6.42 Å². The average Bonchev–Trinajstić information content (AvgIpc) is 3.26. The number of anilines is 1. The van der Waals surface area contributed by atoms with Crippen LogP contribution < -0.4 is 5.32 Å². The average molecular weight is 347 g/mol. The van der Waals surface area contributed by atoms with Gasteiger partial charge in [0, 0.05) is 37.4 Å². The molecular weight excluding hydrogens is 330 g/mol. The van der Waals surface area contributed by atoms with Gasteiger partial charge in [-0.25, -0.2) is 14.5 Å². The monoisotopic (exact) mass is 347 g/mol. The highest BCUT2D eigenvalue weighted by Gasteiger charge is 2.18. The summed E-state index contributed by atoms with van der Waals surface area (Å²) in [5.41, 5.74) is 2.08. The molecule has 26 heavy (non-hydrogen) atoms. The molecule has 8 heteroatoms. The van der Waals surface area contributed by atoms with Gasteiger partial charge in [0.1, 0.15) is 11.4 Å². The third kappa shape index (κ3) is 3.16. The number of fused-ring (bicyclic) bond motifs is 1. The van der Waals surface area contributed by atoms with Crippen molar-refractivity contribution in [2.24, 2.45) is 4.99 Å². The van der Waals surface area contributed by atoms with Crippen LogP contribution in [0.2, 0.25) is 0 Å². The van der Waals surface area contributed by atoms with Gasteiger partial charge in [-0.05, 0) is 24.3 Å². The van der Waals surface area contributed by atoms with Gasteiger partial charge in [0.25, 0.3) is 0 Å². The number of hydrogen-bond acceptors (Lipinski definition) is 6. The summed E-state index contributed by atoms with van der Waals surface area (Å²) < 4.78 is 3.70. The van der Waals surface area contributed by atoms with Crippen molar-refractivity contribution in [2.75, 3.05) is 11.9 Å². The second-order valence-corrected chi connectivity index (χ2v) is 5.91. The van der Waals surface area contributed by atoms with Gasteiger partial charge in [0.05, 0.1) is 18.3 Å². The Labute approximate surface area is 149 Å². The number of ketones is 1. The summed E-state index contributed by atoms with van der Waals surface area (Å²) in [4.78, 5) is 20.7. The predicted octanol–water partition coefficient (Wildman–Crippen LogP) is 2.26. The lowest BCUT2D eigenvalue weighted by atomic mass is 10.0. The highest BCUT2D eigenvalue weighted by Crippen LogP contribution is 2.30. The van der Waals surface area contributed by atoms with E-state index in [1.807, 2.05) is 35.2 Å². The highest BCUT2D eigenvalue weighted by atomic mass is 16.1. The van der Waals surface area contributed by atoms with Gasteiger partial charge in [0.2, 0.25) is 0 Å². The van der Waals surface area contributed by atoms with Crippen LogP contribution in [0, 0.1) is 5.41 Å². The molecule has 1 aliphatic carbocycles. The molecule has 0 radical (unpaired) electrons. The van der Waals surface area contributed by atoms with Gasteiger partial charge in [0.15, 0.2) is 11.6 Å². The van der Waals surface area contributed by atoms with Crippen LogP contribution in [0.5, 0.6) is 0 Å². The van der Waals surface area contributed by atoms with E-state index in [9.17, 15) is 4.79 Å². The number of aliphatic imine (C=N–C) groups is 1. The summed E-state index contributed by atoms with van der Waals surface area (Å²) in [6.45, 7) is 1.38. The summed E-state index contributed by atoms with van der Waals surface area (Å²) >= 11 is 0. The maximum absolute atomic E-state index is 12.2. The zero-order valence-electron chi connectivity index (χ0n) is 14.0. The molecule has 4 rings (SSSR count). The van der Waals surface area contributed by atoms with Gasteiger partial charge in [-0.15, -0.1) is 5.10 Å². The van der Waals surface area contributed by atoms with E-state index >= 15 is 0 Å². The van der Waals surface area contributed by atoms with Crippen LogP contribution in [0.25, 0.3) is 5.52 Å². The number of hydrogen-bond donors (Lipinski definition) is 2. The number of carbonyl (C=O) groups is 1. The Balaban J connectivity index is 1.66. The maximum Gasteiger partial charge on any atom is 0.187 e. The number of nitrogens with zero attached hydrogens (tertiary/aromatic N) is 5. The number of aromatic nitrogens is 4. The fourth-order valence-corrected chi connectivity index (χ4v) is 2.75. The minimum absolute atomic E-state index is 0.0813. The van der Waals surface area contributed by atoms with Gasteiger partial charge >= 0.3 is 0 Å². The third-order valence-electron chi connectivity index (χ3n) is 4.05. The van der Waals surface area contributed by atoms with Crippen molar-refractivity contribution in [1.29, 1.82) is 5.41 Å². The zero-order chi connectivity index (χ0) is 17.9. The van der Waals surface area contributed by atoms with Gasteiger partial charge < -0.3 is 15.3 Å². The second kappa shape index (κ2) is 6.75. The van der Waals surface area contributed by atoms with Crippen LogP contribution in [-0.2, 0) is 11.3 Å². The van der Waals surface area contributed by atoms with Crippen LogP contribution in [-0.4, -0.2) is 42.9 Å². The Kier molecular flexibility index (Phi) is 4.14. The third-order valence-corrected chi connectivity index (χ3v) is 4.05. The van der Waals surface area contributed by atoms with Crippen LogP contribution in [0.4, 0.5) is 11.5 Å². The lowest BCUT2D eigenvalue weighted by molar-refractivity contribution is -0.111. The largest absolute Gasteiger partial charge is 0.365 e. The predicted molar refractivity (Wildman–Crippen MR) is 99.5 cm³/mol. The van der Waals surface area contributed by atoms with Gasteiger partial charge in [-0.2, -0.15) is 0 Å². The minimum atomic E-state index is -0.155. The molecule has 0 atom stereocenters. The number of nitrogens with one attached hydrogen (secondary N) is 2. The molecular formula is C18H17N7O. The molecule has 0 aliphatic heterocycles. The van der Waals surface area contributed by atoms with Gasteiger partial charge in [-0.1, -0.05) is 6.07 Å². The van der Waals surface area contributed by atoms with E-state index in [-0.39, 0.29) is 12.2 Å². The molecule has 1 aliphatic rings. The summed E-state index contributed by atoms with van der Waals surface area (Å²) in [6, 6.07) is 5.70. The molecule has 0 amide bonds. The van der Waals surface area contributed by atoms with Crippen molar-refractivity contribution in [3.63, 3.8) is 0 Å². The van der Waals surface area contributed by atoms with Crippen molar-refractivity contribution in [2.45, 2.75) is 13.0 Å². The molecule has 0 unspecified atom stereocenters. The Hall–Kier alpha value is -3.55. The summed E-state index contributed by atoms with van der Waals surface area (Å²) in [7, 11) is 0. The van der Waals surface area contributed by atoms with Crippen LogP contribution in [0.3, 0.4) is 0 Å². The lowest BCUT2D eigenvalue weighted by Crippen LogP contribution is -2.19. The van der Waals surface area contributed by atoms with E-state index in [0.717, 1.165) is 12.1 Å². The van der Waals surface area contributed by atoms with Crippen LogP contribution >= 0.6 is 0 Å². The first-order valence-electron chi connectivity index (χ1n) is 8.25. The van der Waals surface area contributed by atoms with E-state index in [1.54, 1.807) is 29.2 Å². The first kappa shape index (κ1) is 15.9. The first-order chi connectivity index (χ1) is 12.7. The topological polar surface area (TPSA) is 100 Å². The van der Waals surface area contributed by atoms with Crippen molar-refractivity contribution in [1.82, 2.24) is 19.2 Å². The van der Waals surface area contributed by atoms with E-state index in [2.05, 4.69) is 20.4 Å². The number of allylic oxidation sites excluding steroid dienone is 2. The minimum Gasteiger partial charge on any atom is -0.365 e. The molecule has 0 fully saturated rings. The Morgan fingerprint density at radius 1 is 1.27 bits per heavy atom. The number of Topliss-reactive ketones (excluding diaryl/α,β-unsaturated/α-hetero) is 1. The number of carbonyl (C=O) groups excluding carboxylic acids is 1. The quantitative estimate of drug-likeness (QED) is 0.739. The fourth-order valence-electron chi connectivity index (χ4n) is 2.75. The molecule has 2 N–H and O–H groups in total. The molecule has 130 valence electrons. The number of rotatable bonds is 5. The molecule has 3 aromatic heterocycles. The van der Waals surface area contributed by atoms with Crippen molar-refractivity contribution in [3.8, 4) is 0 Å². The number of pyridine rings is 1. The standard InChI is InChI=1S/C18H17N7O/c19-13-4-5-14(16(26)11-13)22-17-15-3-1-2-8-25(15)23-18(17)21-7-10-24-9-6-20-12-24/h1-6,8-9,12,19H,7,10-11H2,(H,21,23). The second-order valence-electron chi connectivity index (χ2n) is 5.91. The molecule has 0 saturated carbocycles. The fraction of sp³-hybridized carbons (Fsp3) is 0.167. The Morgan fingerprint density at radius 2 is 2.19 bits per heavy atom. The Morgan fingerprint density at radius 3 is 3.00 bits per heavy atom. The first-order valence-corrected chi connectivity index (χ1v) is 8.25. The van der Waals surface area contributed by atoms with Crippen molar-refractivity contribution < 1.29 is 4.79 Å². The lowest BCUT2D eigenvalue weighted by Gasteiger charge is -2.08. The molecule has 0 aromatic carbocycles. The Bertz CT molecular complexity index is 1030. The molecule has 0 saturated heterocycles. The van der Waals surface area contributed by atoms with E-state index in [1.165, 1.54) is 0 Å². The van der Waals surface area contributed by atoms with Gasteiger partial charge in [-0.3, -0.25) is 4.79 Å². The van der Waals surface area contributed by atoms with Crippen LogP contribution in [0.15, 0.2) is 60.3 Å². The SMILES string of the molecule is N=C1C=CC(=Nc2c(NCCn3ccnc3)nn3ccccc23)C(=O)C1. The zero-order valence-corrected chi connectivity index (χ0v) is 14.0. The highest BCUT2D eigenvalue weighted by molar-refractivity contribution is 6.50. The molecule has 0 spiro atoms. The van der Waals surface area contributed by atoms with E-state index in [0.29, 0.717) is 29.5 Å². The normalized spacial score (nSPS) is 15.9. The molecule has 8 nitrogen and oxygen atoms in total. The summed E-state index contributed by atoms with van der Waals surface area (Å²) in [6.07, 6.45) is 10.5. The summed E-state index contributed by atoms with van der Waals surface area (Å²) in [5.74, 6) is 0.461. The maximum atomic E-state index is 12.2. The van der Waals surface area contributed by atoms with Crippen molar-refractivity contribution >= 4 is 34.2 Å². The van der Waals surface area contributed by atoms with Crippen molar-refractivity contribution in [3.05, 3.63) is 55.3 Å². The number of imidazole rings is 1. The van der Waals surface area contributed by atoms with E-state index < -0.39 is 0 Å². The smallest absolute Gasteiger partial charge is 0.187 e. The summed E-state index contributed by atoms with van der Waals surface area (Å²) in [5, 5.41) is 15.4. The molecule has 3 heterocycles.